The molecule has 1 aliphatic rings. The van der Waals surface area contributed by atoms with Crippen molar-refractivity contribution in [2.24, 2.45) is 0 Å². The molecule has 1 aromatic heterocycles. The minimum Gasteiger partial charge on any atom is -0.349 e. The highest BCUT2D eigenvalue weighted by atomic mass is 35.5. The lowest BCUT2D eigenvalue weighted by Gasteiger charge is -2.27. The molecule has 0 bridgehead atoms. The van der Waals surface area contributed by atoms with Crippen LogP contribution in [-0.4, -0.2) is 29.2 Å². The Bertz CT molecular complexity index is 626. The highest BCUT2D eigenvalue weighted by Crippen LogP contribution is 2.21. The number of hydrogen-bond donors (Lipinski definition) is 3. The summed E-state index contributed by atoms with van der Waals surface area (Å²) in [6.45, 7) is 3.39. The minimum atomic E-state index is -0.140. The van der Waals surface area contributed by atoms with E-state index in [-0.39, 0.29) is 24.4 Å². The molecule has 3 rings (SSSR count). The standard InChI is InChI=1S/C15H18N4O.ClH/c1-10-8-13(19-18-10)15(20)17-9-14-12-5-3-2-4-11(12)6-7-16-14;/h2-5,8,14,16H,6-7,9H2,1H3,(H,17,20)(H,18,19);1H. The van der Waals surface area contributed by atoms with E-state index in [9.17, 15) is 4.79 Å². The number of halogens is 1. The van der Waals surface area contributed by atoms with Crippen molar-refractivity contribution in [3.63, 3.8) is 0 Å². The molecule has 2 aromatic rings. The first kappa shape index (κ1) is 15.5. The van der Waals surface area contributed by atoms with E-state index in [0.717, 1.165) is 18.7 Å². The summed E-state index contributed by atoms with van der Waals surface area (Å²) in [4.78, 5) is 12.0. The Balaban J connectivity index is 0.00000161. The Morgan fingerprint density at radius 1 is 1.43 bits per heavy atom. The van der Waals surface area contributed by atoms with Crippen molar-refractivity contribution in [1.29, 1.82) is 0 Å². The molecule has 1 amide bonds. The molecule has 0 radical (unpaired) electrons. The third-order valence-electron chi connectivity index (χ3n) is 3.62. The van der Waals surface area contributed by atoms with Crippen molar-refractivity contribution in [3.8, 4) is 0 Å². The molecular weight excluding hydrogens is 288 g/mol. The molecule has 0 fully saturated rings. The van der Waals surface area contributed by atoms with Gasteiger partial charge < -0.3 is 10.6 Å². The Morgan fingerprint density at radius 3 is 3.00 bits per heavy atom. The second kappa shape index (κ2) is 6.74. The molecule has 112 valence electrons. The summed E-state index contributed by atoms with van der Waals surface area (Å²) in [6.07, 6.45) is 1.04. The van der Waals surface area contributed by atoms with Crippen LogP contribution < -0.4 is 10.6 Å². The van der Waals surface area contributed by atoms with E-state index in [1.165, 1.54) is 11.1 Å². The van der Waals surface area contributed by atoms with Crippen LogP contribution in [0.1, 0.15) is 33.4 Å². The number of rotatable bonds is 3. The van der Waals surface area contributed by atoms with Gasteiger partial charge in [-0.15, -0.1) is 12.4 Å². The molecule has 0 spiro atoms. The molecule has 1 aromatic carbocycles. The van der Waals surface area contributed by atoms with Gasteiger partial charge in [-0.25, -0.2) is 0 Å². The molecule has 0 aliphatic carbocycles. The molecule has 0 saturated heterocycles. The average molecular weight is 307 g/mol. The molecule has 1 atom stereocenters. The SMILES string of the molecule is Cc1cc(C(=O)NCC2NCCc3ccccc32)n[nH]1.Cl. The maximum absolute atomic E-state index is 12.0. The third-order valence-corrected chi connectivity index (χ3v) is 3.62. The Kier molecular flexibility index (Phi) is 4.98. The number of amides is 1. The van der Waals surface area contributed by atoms with Crippen molar-refractivity contribution in [2.45, 2.75) is 19.4 Å². The smallest absolute Gasteiger partial charge is 0.271 e. The molecule has 2 heterocycles. The molecule has 21 heavy (non-hydrogen) atoms. The molecular formula is C15H19ClN4O. The maximum Gasteiger partial charge on any atom is 0.271 e. The van der Waals surface area contributed by atoms with Crippen LogP contribution >= 0.6 is 12.4 Å². The van der Waals surface area contributed by atoms with E-state index in [1.54, 1.807) is 6.07 Å². The summed E-state index contributed by atoms with van der Waals surface area (Å²) in [5.74, 6) is -0.140. The topological polar surface area (TPSA) is 69.8 Å². The summed E-state index contributed by atoms with van der Waals surface area (Å²) >= 11 is 0. The van der Waals surface area contributed by atoms with Gasteiger partial charge in [0.15, 0.2) is 0 Å². The molecule has 1 unspecified atom stereocenters. The molecule has 3 N–H and O–H groups in total. The monoisotopic (exact) mass is 306 g/mol. The summed E-state index contributed by atoms with van der Waals surface area (Å²) in [5.41, 5.74) is 3.96. The zero-order valence-corrected chi connectivity index (χ0v) is 12.7. The van der Waals surface area contributed by atoms with Crippen LogP contribution in [0.2, 0.25) is 0 Å². The third kappa shape index (κ3) is 3.43. The van der Waals surface area contributed by atoms with E-state index in [2.05, 4.69) is 39.0 Å². The van der Waals surface area contributed by atoms with Gasteiger partial charge in [0.25, 0.3) is 5.91 Å². The number of aromatic amines is 1. The number of nitrogens with one attached hydrogen (secondary N) is 3. The number of benzene rings is 1. The Morgan fingerprint density at radius 2 is 2.24 bits per heavy atom. The Hall–Kier alpha value is -1.85. The number of carbonyl (C=O) groups is 1. The quantitative estimate of drug-likeness (QED) is 0.809. The largest absolute Gasteiger partial charge is 0.349 e. The molecule has 0 saturated carbocycles. The summed E-state index contributed by atoms with van der Waals surface area (Å²) in [7, 11) is 0. The van der Waals surface area contributed by atoms with Crippen molar-refractivity contribution in [3.05, 3.63) is 52.8 Å². The van der Waals surface area contributed by atoms with Crippen molar-refractivity contribution < 1.29 is 4.79 Å². The highest BCUT2D eigenvalue weighted by molar-refractivity contribution is 5.92. The van der Waals surface area contributed by atoms with Gasteiger partial charge in [0.1, 0.15) is 5.69 Å². The van der Waals surface area contributed by atoms with E-state index in [1.807, 2.05) is 13.0 Å². The summed E-state index contributed by atoms with van der Waals surface area (Å²) in [5, 5.41) is 13.1. The summed E-state index contributed by atoms with van der Waals surface area (Å²) in [6, 6.07) is 10.3. The first-order valence-electron chi connectivity index (χ1n) is 6.85. The number of H-pyrrole nitrogens is 1. The van der Waals surface area contributed by atoms with Gasteiger partial charge in [-0.05, 0) is 37.1 Å². The lowest BCUT2D eigenvalue weighted by atomic mass is 9.94. The fraction of sp³-hybridized carbons (Fsp3) is 0.333. The lowest BCUT2D eigenvalue weighted by Crippen LogP contribution is -2.38. The normalized spacial score (nSPS) is 16.7. The van der Waals surface area contributed by atoms with Crippen LogP contribution in [-0.2, 0) is 6.42 Å². The fourth-order valence-electron chi connectivity index (χ4n) is 2.59. The first-order valence-corrected chi connectivity index (χ1v) is 6.85. The van der Waals surface area contributed by atoms with Crippen LogP contribution in [0.25, 0.3) is 0 Å². The summed E-state index contributed by atoms with van der Waals surface area (Å²) < 4.78 is 0. The van der Waals surface area contributed by atoms with Crippen LogP contribution in [0.3, 0.4) is 0 Å². The van der Waals surface area contributed by atoms with Crippen LogP contribution in [0, 0.1) is 6.92 Å². The lowest BCUT2D eigenvalue weighted by molar-refractivity contribution is 0.0944. The average Bonchev–Trinajstić information content (AvgIpc) is 2.91. The van der Waals surface area contributed by atoms with Crippen molar-refractivity contribution >= 4 is 18.3 Å². The van der Waals surface area contributed by atoms with E-state index in [4.69, 9.17) is 0 Å². The van der Waals surface area contributed by atoms with Crippen molar-refractivity contribution in [1.82, 2.24) is 20.8 Å². The maximum atomic E-state index is 12.0. The second-order valence-electron chi connectivity index (χ2n) is 5.10. The van der Waals surface area contributed by atoms with Gasteiger partial charge in [0.05, 0.1) is 0 Å². The number of carbonyl (C=O) groups excluding carboxylic acids is 1. The number of aromatic nitrogens is 2. The predicted octanol–water partition coefficient (Wildman–Crippen LogP) is 1.76. The molecule has 5 nitrogen and oxygen atoms in total. The van der Waals surface area contributed by atoms with Gasteiger partial charge in [-0.1, -0.05) is 24.3 Å². The van der Waals surface area contributed by atoms with Crippen LogP contribution in [0.15, 0.2) is 30.3 Å². The van der Waals surface area contributed by atoms with Gasteiger partial charge in [-0.2, -0.15) is 5.10 Å². The second-order valence-corrected chi connectivity index (χ2v) is 5.10. The Labute approximate surface area is 129 Å². The highest BCUT2D eigenvalue weighted by Gasteiger charge is 2.20. The van der Waals surface area contributed by atoms with E-state index < -0.39 is 0 Å². The zero-order valence-electron chi connectivity index (χ0n) is 11.8. The van der Waals surface area contributed by atoms with Gasteiger partial charge >= 0.3 is 0 Å². The predicted molar refractivity (Wildman–Crippen MR) is 83.8 cm³/mol. The number of hydrogen-bond acceptors (Lipinski definition) is 3. The van der Waals surface area contributed by atoms with Gasteiger partial charge in [0.2, 0.25) is 0 Å². The van der Waals surface area contributed by atoms with E-state index >= 15 is 0 Å². The van der Waals surface area contributed by atoms with E-state index in [0.29, 0.717) is 12.2 Å². The number of nitrogens with zero attached hydrogens (tertiary/aromatic N) is 1. The fourth-order valence-corrected chi connectivity index (χ4v) is 2.59. The van der Waals surface area contributed by atoms with Crippen LogP contribution in [0.5, 0.6) is 0 Å². The molecule has 1 aliphatic heterocycles. The number of aryl methyl sites for hydroxylation is 1. The first-order chi connectivity index (χ1) is 9.74. The minimum absolute atomic E-state index is 0. The zero-order chi connectivity index (χ0) is 13.9. The number of fused-ring (bicyclic) bond motifs is 1. The van der Waals surface area contributed by atoms with Gasteiger partial charge in [-0.3, -0.25) is 9.89 Å². The van der Waals surface area contributed by atoms with Crippen LogP contribution in [0.4, 0.5) is 0 Å². The van der Waals surface area contributed by atoms with Crippen molar-refractivity contribution in [2.75, 3.05) is 13.1 Å². The van der Waals surface area contributed by atoms with Gasteiger partial charge in [0, 0.05) is 18.3 Å². The molecule has 6 heteroatoms.